The Balaban J connectivity index is 1.78. The van der Waals surface area contributed by atoms with Crippen LogP contribution in [-0.4, -0.2) is 48.2 Å². The summed E-state index contributed by atoms with van der Waals surface area (Å²) in [5, 5.41) is 13.5. The minimum Gasteiger partial charge on any atom is -0.507 e. The molecule has 2 N–H and O–H groups in total. The highest BCUT2D eigenvalue weighted by atomic mass is 16.5. The number of carbonyl (C=O) groups excluding carboxylic acids is 1. The fourth-order valence-corrected chi connectivity index (χ4v) is 3.51. The Morgan fingerprint density at radius 1 is 1.33 bits per heavy atom. The molecule has 1 amide bonds. The molecule has 2 aliphatic rings. The van der Waals surface area contributed by atoms with Crippen LogP contribution in [0.5, 0.6) is 11.5 Å². The van der Waals surface area contributed by atoms with Gasteiger partial charge in [-0.1, -0.05) is 0 Å². The van der Waals surface area contributed by atoms with Crippen LogP contribution >= 0.6 is 0 Å². The van der Waals surface area contributed by atoms with E-state index in [9.17, 15) is 9.90 Å². The molecule has 2 saturated heterocycles. The van der Waals surface area contributed by atoms with Gasteiger partial charge in [-0.15, -0.1) is 0 Å². The smallest absolute Gasteiger partial charge is 0.257 e. The van der Waals surface area contributed by atoms with Crippen molar-refractivity contribution in [2.24, 2.45) is 0 Å². The van der Waals surface area contributed by atoms with E-state index in [4.69, 9.17) is 4.74 Å². The Hall–Kier alpha value is -1.75. The molecule has 2 fully saturated rings. The zero-order chi connectivity index (χ0) is 15.0. The first-order chi connectivity index (χ1) is 10.1. The third kappa shape index (κ3) is 2.70. The van der Waals surface area contributed by atoms with E-state index in [1.54, 1.807) is 24.1 Å². The number of phenolic OH excluding ortho intramolecular Hbond substituents is 1. The van der Waals surface area contributed by atoms with E-state index in [1.807, 2.05) is 7.05 Å². The first kappa shape index (κ1) is 14.2. The molecule has 0 radical (unpaired) electrons. The lowest BCUT2D eigenvalue weighted by Gasteiger charge is -2.35. The van der Waals surface area contributed by atoms with Gasteiger partial charge in [-0.25, -0.2) is 0 Å². The standard InChI is InChI=1S/C16H22N2O3/c1-18(12-7-10-3-4-11(8-12)17-10)16(20)14-9-13(21-2)5-6-15(14)19/h5-6,9-12,17,19H,3-4,7-8H2,1-2H3. The van der Waals surface area contributed by atoms with Crippen LogP contribution < -0.4 is 10.1 Å². The van der Waals surface area contributed by atoms with Gasteiger partial charge in [0.25, 0.3) is 5.91 Å². The SMILES string of the molecule is COc1ccc(O)c(C(=O)N(C)C2CC3CCC(C2)N3)c1. The maximum Gasteiger partial charge on any atom is 0.257 e. The summed E-state index contributed by atoms with van der Waals surface area (Å²) in [6, 6.07) is 6.06. The summed E-state index contributed by atoms with van der Waals surface area (Å²) in [4.78, 5) is 14.4. The lowest BCUT2D eigenvalue weighted by atomic mass is 9.98. The summed E-state index contributed by atoms with van der Waals surface area (Å²) < 4.78 is 5.14. The molecule has 2 bridgehead atoms. The van der Waals surface area contributed by atoms with Gasteiger partial charge in [0.05, 0.1) is 12.7 Å². The minimum absolute atomic E-state index is 0.00422. The largest absolute Gasteiger partial charge is 0.507 e. The number of phenols is 1. The Bertz CT molecular complexity index is 534. The average molecular weight is 290 g/mol. The summed E-state index contributed by atoms with van der Waals surface area (Å²) in [7, 11) is 3.38. The highest BCUT2D eigenvalue weighted by molar-refractivity contribution is 5.97. The summed E-state index contributed by atoms with van der Waals surface area (Å²) in [5.74, 6) is 0.442. The lowest BCUT2D eigenvalue weighted by Crippen LogP contribution is -2.48. The lowest BCUT2D eigenvalue weighted by molar-refractivity contribution is 0.0678. The van der Waals surface area contributed by atoms with Crippen LogP contribution in [0.15, 0.2) is 18.2 Å². The van der Waals surface area contributed by atoms with Crippen molar-refractivity contribution in [2.45, 2.75) is 43.8 Å². The highest BCUT2D eigenvalue weighted by Crippen LogP contribution is 2.31. The number of nitrogens with one attached hydrogen (secondary N) is 1. The normalized spacial score (nSPS) is 27.4. The van der Waals surface area contributed by atoms with Crippen molar-refractivity contribution in [3.05, 3.63) is 23.8 Å². The molecule has 5 heteroatoms. The number of piperidine rings is 1. The third-order valence-electron chi connectivity index (χ3n) is 4.75. The van der Waals surface area contributed by atoms with E-state index in [0.717, 1.165) is 12.8 Å². The third-order valence-corrected chi connectivity index (χ3v) is 4.75. The summed E-state index contributed by atoms with van der Waals surface area (Å²) in [6.07, 6.45) is 4.38. The zero-order valence-corrected chi connectivity index (χ0v) is 12.5. The number of aromatic hydroxyl groups is 1. The molecular formula is C16H22N2O3. The second-order valence-electron chi connectivity index (χ2n) is 6.06. The van der Waals surface area contributed by atoms with Gasteiger partial charge in [-0.3, -0.25) is 4.79 Å². The molecule has 2 heterocycles. The number of ether oxygens (including phenoxy) is 1. The number of benzene rings is 1. The Kier molecular flexibility index (Phi) is 3.76. The Morgan fingerprint density at radius 2 is 2.00 bits per heavy atom. The monoisotopic (exact) mass is 290 g/mol. The van der Waals surface area contributed by atoms with Crippen LogP contribution in [0.3, 0.4) is 0 Å². The van der Waals surface area contributed by atoms with Gasteiger partial charge in [0, 0.05) is 25.2 Å². The van der Waals surface area contributed by atoms with Gasteiger partial charge in [0.2, 0.25) is 0 Å². The molecule has 1 aromatic carbocycles. The molecule has 0 aliphatic carbocycles. The molecule has 2 atom stereocenters. The van der Waals surface area contributed by atoms with Gasteiger partial charge >= 0.3 is 0 Å². The molecule has 5 nitrogen and oxygen atoms in total. The molecular weight excluding hydrogens is 268 g/mol. The second kappa shape index (κ2) is 5.56. The zero-order valence-electron chi connectivity index (χ0n) is 12.5. The predicted molar refractivity (Wildman–Crippen MR) is 79.7 cm³/mol. The molecule has 2 aliphatic heterocycles. The van der Waals surface area contributed by atoms with Crippen LogP contribution in [0.4, 0.5) is 0 Å². The Morgan fingerprint density at radius 3 is 2.62 bits per heavy atom. The van der Waals surface area contributed by atoms with Crippen molar-refractivity contribution < 1.29 is 14.6 Å². The van der Waals surface area contributed by atoms with Gasteiger partial charge in [0.15, 0.2) is 0 Å². The molecule has 2 unspecified atom stereocenters. The average Bonchev–Trinajstić information content (AvgIpc) is 2.84. The van der Waals surface area contributed by atoms with Gasteiger partial charge in [-0.2, -0.15) is 0 Å². The first-order valence-electron chi connectivity index (χ1n) is 7.48. The van der Waals surface area contributed by atoms with Crippen LogP contribution in [0.25, 0.3) is 0 Å². The van der Waals surface area contributed by atoms with E-state index in [1.165, 1.54) is 18.9 Å². The number of methoxy groups -OCH3 is 1. The number of amides is 1. The molecule has 114 valence electrons. The van der Waals surface area contributed by atoms with E-state index in [2.05, 4.69) is 5.32 Å². The predicted octanol–water partition coefficient (Wildman–Crippen LogP) is 1.76. The number of hydrogen-bond donors (Lipinski definition) is 2. The van der Waals surface area contributed by atoms with Crippen molar-refractivity contribution in [1.82, 2.24) is 10.2 Å². The molecule has 0 aromatic heterocycles. The first-order valence-corrected chi connectivity index (χ1v) is 7.48. The number of nitrogens with zero attached hydrogens (tertiary/aromatic N) is 1. The van der Waals surface area contributed by atoms with Crippen molar-refractivity contribution >= 4 is 5.91 Å². The maximum absolute atomic E-state index is 12.7. The number of hydrogen-bond acceptors (Lipinski definition) is 4. The second-order valence-corrected chi connectivity index (χ2v) is 6.06. The van der Waals surface area contributed by atoms with E-state index < -0.39 is 0 Å². The maximum atomic E-state index is 12.7. The van der Waals surface area contributed by atoms with Crippen LogP contribution in [-0.2, 0) is 0 Å². The molecule has 21 heavy (non-hydrogen) atoms. The molecule has 1 aromatic rings. The number of fused-ring (bicyclic) bond motifs is 2. The van der Waals surface area contributed by atoms with Gasteiger partial charge < -0.3 is 20.1 Å². The van der Waals surface area contributed by atoms with Crippen molar-refractivity contribution in [2.75, 3.05) is 14.2 Å². The van der Waals surface area contributed by atoms with Crippen LogP contribution in [0.1, 0.15) is 36.0 Å². The van der Waals surface area contributed by atoms with Gasteiger partial charge in [-0.05, 0) is 43.9 Å². The fourth-order valence-electron chi connectivity index (χ4n) is 3.51. The Labute approximate surface area is 124 Å². The summed E-state index contributed by atoms with van der Waals surface area (Å²) in [5.41, 5.74) is 0.308. The highest BCUT2D eigenvalue weighted by Gasteiger charge is 2.36. The molecule has 0 spiro atoms. The fraction of sp³-hybridized carbons (Fsp3) is 0.562. The van der Waals surface area contributed by atoms with E-state index in [0.29, 0.717) is 23.4 Å². The minimum atomic E-state index is -0.141. The van der Waals surface area contributed by atoms with E-state index >= 15 is 0 Å². The van der Waals surface area contributed by atoms with Crippen molar-refractivity contribution in [1.29, 1.82) is 0 Å². The van der Waals surface area contributed by atoms with Crippen LogP contribution in [0.2, 0.25) is 0 Å². The van der Waals surface area contributed by atoms with Crippen molar-refractivity contribution in [3.63, 3.8) is 0 Å². The summed E-state index contributed by atoms with van der Waals surface area (Å²) in [6.45, 7) is 0. The number of rotatable bonds is 3. The molecule has 0 saturated carbocycles. The molecule has 3 rings (SSSR count). The van der Waals surface area contributed by atoms with Gasteiger partial charge in [0.1, 0.15) is 11.5 Å². The summed E-state index contributed by atoms with van der Waals surface area (Å²) >= 11 is 0. The van der Waals surface area contributed by atoms with Crippen molar-refractivity contribution in [3.8, 4) is 11.5 Å². The number of carbonyl (C=O) groups is 1. The topological polar surface area (TPSA) is 61.8 Å². The quantitative estimate of drug-likeness (QED) is 0.890. The van der Waals surface area contributed by atoms with Crippen LogP contribution in [0, 0.1) is 0 Å². The van der Waals surface area contributed by atoms with E-state index in [-0.39, 0.29) is 17.7 Å².